The third kappa shape index (κ3) is 4.42. The Kier molecular flexibility index (Phi) is 5.64. The fraction of sp³-hybridized carbons (Fsp3) is 0.158. The molecule has 0 N–H and O–H groups in total. The molecule has 0 aliphatic heterocycles. The number of hydrogen-bond donors (Lipinski definition) is 0. The predicted octanol–water partition coefficient (Wildman–Crippen LogP) is 4.37. The van der Waals surface area contributed by atoms with Crippen LogP contribution in [0.3, 0.4) is 0 Å². The minimum atomic E-state index is -0.198. The summed E-state index contributed by atoms with van der Waals surface area (Å²) >= 11 is 0. The number of benzene rings is 2. The van der Waals surface area contributed by atoms with E-state index in [4.69, 9.17) is 4.74 Å². The van der Waals surface area contributed by atoms with Crippen LogP contribution in [0.2, 0.25) is 0 Å². The third-order valence-electron chi connectivity index (χ3n) is 2.83. The molecule has 0 fully saturated rings. The van der Waals surface area contributed by atoms with Crippen LogP contribution in [0.25, 0.3) is 0 Å². The lowest BCUT2D eigenvalue weighted by Crippen LogP contribution is -2.03. The van der Waals surface area contributed by atoms with Crippen LogP contribution < -0.4 is 0 Å². The average Bonchev–Trinajstić information content (AvgIpc) is 2.52. The van der Waals surface area contributed by atoms with Gasteiger partial charge in [0.25, 0.3) is 0 Å². The van der Waals surface area contributed by atoms with Gasteiger partial charge in [-0.25, -0.2) is 0 Å². The van der Waals surface area contributed by atoms with Gasteiger partial charge in [-0.2, -0.15) is 0 Å². The van der Waals surface area contributed by atoms with Gasteiger partial charge >= 0.3 is 0 Å². The van der Waals surface area contributed by atoms with Gasteiger partial charge < -0.3 is 4.74 Å². The molecule has 0 spiro atoms. The van der Waals surface area contributed by atoms with Crippen LogP contribution in [0.4, 0.5) is 0 Å². The van der Waals surface area contributed by atoms with E-state index in [1.54, 1.807) is 0 Å². The van der Waals surface area contributed by atoms with E-state index in [2.05, 4.69) is 18.4 Å². The summed E-state index contributed by atoms with van der Waals surface area (Å²) in [5.74, 6) is 6.37. The Labute approximate surface area is 120 Å². The van der Waals surface area contributed by atoms with E-state index in [9.17, 15) is 0 Å². The third-order valence-corrected chi connectivity index (χ3v) is 2.83. The van der Waals surface area contributed by atoms with Gasteiger partial charge in [-0.3, -0.25) is 0 Å². The molecule has 0 bridgehead atoms. The minimum Gasteiger partial charge on any atom is -0.360 e. The van der Waals surface area contributed by atoms with Crippen LogP contribution in [0, 0.1) is 11.8 Å². The molecule has 1 unspecified atom stereocenters. The van der Waals surface area contributed by atoms with Crippen molar-refractivity contribution in [3.63, 3.8) is 0 Å². The van der Waals surface area contributed by atoms with Gasteiger partial charge in [0, 0.05) is 5.56 Å². The first-order valence-corrected chi connectivity index (χ1v) is 6.74. The second-order valence-electron chi connectivity index (χ2n) is 4.37. The molecule has 100 valence electrons. The Morgan fingerprint density at radius 2 is 1.65 bits per heavy atom. The molecule has 0 aromatic heterocycles. The first-order chi connectivity index (χ1) is 9.90. The molecule has 0 radical (unpaired) electrons. The first kappa shape index (κ1) is 14.1. The molecular weight excluding hydrogens is 244 g/mol. The molecule has 0 aliphatic rings. The van der Waals surface area contributed by atoms with Crippen LogP contribution in [0.5, 0.6) is 0 Å². The fourth-order valence-corrected chi connectivity index (χ4v) is 1.79. The highest BCUT2D eigenvalue weighted by Gasteiger charge is 2.07. The van der Waals surface area contributed by atoms with E-state index < -0.39 is 0 Å². The summed E-state index contributed by atoms with van der Waals surface area (Å²) in [5, 5.41) is 0. The van der Waals surface area contributed by atoms with Crippen molar-refractivity contribution in [3.8, 4) is 11.8 Å². The highest BCUT2D eigenvalue weighted by Crippen LogP contribution is 2.16. The average molecular weight is 262 g/mol. The molecular formula is C19H18O. The van der Waals surface area contributed by atoms with Crippen molar-refractivity contribution in [1.82, 2.24) is 0 Å². The van der Waals surface area contributed by atoms with Crippen molar-refractivity contribution in [2.75, 3.05) is 6.61 Å². The summed E-state index contributed by atoms with van der Waals surface area (Å²) < 4.78 is 5.85. The second-order valence-corrected chi connectivity index (χ2v) is 4.37. The van der Waals surface area contributed by atoms with Crippen molar-refractivity contribution in [2.45, 2.75) is 12.5 Å². The van der Waals surface area contributed by atoms with Gasteiger partial charge in [0.05, 0.1) is 6.61 Å². The standard InChI is InChI=1S/C19H18O/c1-2-3-16-20-19(18-12-8-5-9-13-18)15-14-17-10-6-4-7-11-17/h2,4-13,19H,1,3,16H2. The molecule has 1 nitrogen and oxygen atoms in total. The van der Waals surface area contributed by atoms with Crippen molar-refractivity contribution in [2.24, 2.45) is 0 Å². The zero-order chi connectivity index (χ0) is 14.0. The lowest BCUT2D eigenvalue weighted by molar-refractivity contribution is 0.0956. The SMILES string of the molecule is C=CCCOC(C#Cc1ccccc1)c1ccccc1. The minimum absolute atomic E-state index is 0.198. The van der Waals surface area contributed by atoms with Crippen molar-refractivity contribution >= 4 is 0 Å². The number of rotatable bonds is 5. The highest BCUT2D eigenvalue weighted by molar-refractivity contribution is 5.36. The molecule has 1 atom stereocenters. The number of ether oxygens (including phenoxy) is 1. The van der Waals surface area contributed by atoms with Crippen molar-refractivity contribution < 1.29 is 4.74 Å². The second kappa shape index (κ2) is 7.99. The zero-order valence-electron chi connectivity index (χ0n) is 11.5. The van der Waals surface area contributed by atoms with Crippen LogP contribution >= 0.6 is 0 Å². The Bertz CT molecular complexity index is 575. The van der Waals surface area contributed by atoms with Crippen LogP contribution in [-0.4, -0.2) is 6.61 Å². The summed E-state index contributed by atoms with van der Waals surface area (Å²) in [6, 6.07) is 20.0. The Balaban J connectivity index is 2.15. The van der Waals surface area contributed by atoms with E-state index >= 15 is 0 Å². The van der Waals surface area contributed by atoms with E-state index in [1.807, 2.05) is 66.7 Å². The van der Waals surface area contributed by atoms with Gasteiger partial charge in [0.2, 0.25) is 0 Å². The quantitative estimate of drug-likeness (QED) is 0.441. The summed E-state index contributed by atoms with van der Waals surface area (Å²) in [6.45, 7) is 4.34. The molecule has 0 aliphatic carbocycles. The first-order valence-electron chi connectivity index (χ1n) is 6.74. The molecule has 0 heterocycles. The summed E-state index contributed by atoms with van der Waals surface area (Å²) in [5.41, 5.74) is 2.08. The molecule has 1 heteroatoms. The maximum absolute atomic E-state index is 5.85. The molecule has 2 aromatic rings. The van der Waals surface area contributed by atoms with Gasteiger partial charge in [-0.05, 0) is 24.1 Å². The molecule has 2 aromatic carbocycles. The molecule has 20 heavy (non-hydrogen) atoms. The largest absolute Gasteiger partial charge is 0.360 e. The van der Waals surface area contributed by atoms with Gasteiger partial charge in [-0.15, -0.1) is 6.58 Å². The molecule has 0 amide bonds. The summed E-state index contributed by atoms with van der Waals surface area (Å²) in [7, 11) is 0. The molecule has 0 saturated heterocycles. The lowest BCUT2D eigenvalue weighted by Gasteiger charge is -2.11. The fourth-order valence-electron chi connectivity index (χ4n) is 1.79. The highest BCUT2D eigenvalue weighted by atomic mass is 16.5. The Morgan fingerprint density at radius 3 is 2.30 bits per heavy atom. The summed E-state index contributed by atoms with van der Waals surface area (Å²) in [4.78, 5) is 0. The van der Waals surface area contributed by atoms with Crippen molar-refractivity contribution in [1.29, 1.82) is 0 Å². The summed E-state index contributed by atoms with van der Waals surface area (Å²) in [6.07, 6.45) is 2.49. The Hall–Kier alpha value is -2.30. The number of hydrogen-bond acceptors (Lipinski definition) is 1. The van der Waals surface area contributed by atoms with Crippen LogP contribution in [0.15, 0.2) is 73.3 Å². The van der Waals surface area contributed by atoms with E-state index in [0.29, 0.717) is 6.61 Å². The normalized spacial score (nSPS) is 11.2. The zero-order valence-corrected chi connectivity index (χ0v) is 11.5. The maximum Gasteiger partial charge on any atom is 0.143 e. The Morgan fingerprint density at radius 1 is 1.00 bits per heavy atom. The van der Waals surface area contributed by atoms with Gasteiger partial charge in [-0.1, -0.05) is 66.4 Å². The van der Waals surface area contributed by atoms with Gasteiger partial charge in [0.1, 0.15) is 6.10 Å². The van der Waals surface area contributed by atoms with Crippen LogP contribution in [0.1, 0.15) is 23.7 Å². The monoisotopic (exact) mass is 262 g/mol. The van der Waals surface area contributed by atoms with Crippen LogP contribution in [-0.2, 0) is 4.74 Å². The molecule has 0 saturated carbocycles. The van der Waals surface area contributed by atoms with E-state index in [0.717, 1.165) is 17.5 Å². The lowest BCUT2D eigenvalue weighted by atomic mass is 10.1. The molecule has 2 rings (SSSR count). The predicted molar refractivity (Wildman–Crippen MR) is 83.3 cm³/mol. The van der Waals surface area contributed by atoms with E-state index in [-0.39, 0.29) is 6.10 Å². The smallest absolute Gasteiger partial charge is 0.143 e. The maximum atomic E-state index is 5.85. The van der Waals surface area contributed by atoms with Gasteiger partial charge in [0.15, 0.2) is 0 Å². The van der Waals surface area contributed by atoms with Crippen molar-refractivity contribution in [3.05, 3.63) is 84.4 Å². The topological polar surface area (TPSA) is 9.23 Å². The van der Waals surface area contributed by atoms with E-state index in [1.165, 1.54) is 0 Å².